The molecule has 1 fully saturated rings. The lowest BCUT2D eigenvalue weighted by atomic mass is 10.1. The molecular formula is C14H18N2O2. The number of benzene rings is 1. The second-order valence-corrected chi connectivity index (χ2v) is 4.86. The zero-order chi connectivity index (χ0) is 13.0. The van der Waals surface area contributed by atoms with Crippen molar-refractivity contribution in [2.24, 2.45) is 11.7 Å². The number of rotatable bonds is 6. The number of hydrogen-bond acceptors (Lipinski definition) is 2. The molecule has 0 bridgehead atoms. The normalized spacial score (nSPS) is 16.0. The fraction of sp³-hybridized carbons (Fsp3) is 0.429. The van der Waals surface area contributed by atoms with E-state index in [9.17, 15) is 9.59 Å². The van der Waals surface area contributed by atoms with Gasteiger partial charge in [-0.25, -0.2) is 0 Å². The van der Waals surface area contributed by atoms with Gasteiger partial charge in [0, 0.05) is 0 Å². The summed E-state index contributed by atoms with van der Waals surface area (Å²) in [7, 11) is 0. The van der Waals surface area contributed by atoms with Gasteiger partial charge in [0.25, 0.3) is 0 Å². The Bertz CT molecular complexity index is 427. The Kier molecular flexibility index (Phi) is 3.97. The molecule has 18 heavy (non-hydrogen) atoms. The minimum Gasteiger partial charge on any atom is -0.368 e. The Labute approximate surface area is 107 Å². The van der Waals surface area contributed by atoms with Crippen molar-refractivity contribution in [3.05, 3.63) is 35.9 Å². The number of nitrogens with one attached hydrogen (secondary N) is 1. The molecule has 0 heterocycles. The lowest BCUT2D eigenvalue weighted by Gasteiger charge is -2.15. The summed E-state index contributed by atoms with van der Waals surface area (Å²) in [5, 5.41) is 2.72. The van der Waals surface area contributed by atoms with Gasteiger partial charge >= 0.3 is 0 Å². The van der Waals surface area contributed by atoms with Crippen molar-refractivity contribution in [2.45, 2.75) is 31.7 Å². The van der Waals surface area contributed by atoms with Crippen molar-refractivity contribution in [1.82, 2.24) is 5.32 Å². The van der Waals surface area contributed by atoms with Gasteiger partial charge in [-0.05, 0) is 17.9 Å². The third-order valence-corrected chi connectivity index (χ3v) is 3.15. The van der Waals surface area contributed by atoms with E-state index >= 15 is 0 Å². The molecule has 96 valence electrons. The fourth-order valence-electron chi connectivity index (χ4n) is 1.96. The average Bonchev–Trinajstić information content (AvgIpc) is 3.13. The monoisotopic (exact) mass is 246 g/mol. The van der Waals surface area contributed by atoms with Crippen LogP contribution in [0.5, 0.6) is 0 Å². The second kappa shape index (κ2) is 5.67. The summed E-state index contributed by atoms with van der Waals surface area (Å²) >= 11 is 0. The molecule has 1 aliphatic rings. The predicted molar refractivity (Wildman–Crippen MR) is 68.6 cm³/mol. The van der Waals surface area contributed by atoms with Crippen LogP contribution in [0.3, 0.4) is 0 Å². The standard InChI is InChI=1S/C14H18N2O2/c15-14(18)12(8-11-6-7-11)16-13(17)9-10-4-2-1-3-5-10/h1-5,11-12H,6-9H2,(H2,15,18)(H,16,17)/t12-/m0/s1. The van der Waals surface area contributed by atoms with E-state index in [-0.39, 0.29) is 12.3 Å². The van der Waals surface area contributed by atoms with Crippen LogP contribution in [0.15, 0.2) is 30.3 Å². The van der Waals surface area contributed by atoms with Crippen molar-refractivity contribution < 1.29 is 9.59 Å². The summed E-state index contributed by atoms with van der Waals surface area (Å²) in [5.74, 6) is -0.0338. The lowest BCUT2D eigenvalue weighted by Crippen LogP contribution is -2.45. The first-order chi connectivity index (χ1) is 8.65. The number of hydrogen-bond donors (Lipinski definition) is 2. The highest BCUT2D eigenvalue weighted by Crippen LogP contribution is 2.33. The Morgan fingerprint density at radius 3 is 2.50 bits per heavy atom. The molecular weight excluding hydrogens is 228 g/mol. The van der Waals surface area contributed by atoms with Gasteiger partial charge in [-0.1, -0.05) is 43.2 Å². The largest absolute Gasteiger partial charge is 0.368 e. The van der Waals surface area contributed by atoms with Gasteiger partial charge in [0.1, 0.15) is 6.04 Å². The molecule has 0 radical (unpaired) electrons. The number of carbonyl (C=O) groups is 2. The SMILES string of the molecule is NC(=O)[C@H](CC1CC1)NC(=O)Cc1ccccc1. The van der Waals surface area contributed by atoms with Crippen molar-refractivity contribution >= 4 is 11.8 Å². The molecule has 1 saturated carbocycles. The molecule has 0 spiro atoms. The highest BCUT2D eigenvalue weighted by atomic mass is 16.2. The maximum Gasteiger partial charge on any atom is 0.240 e. The van der Waals surface area contributed by atoms with Crippen molar-refractivity contribution in [3.63, 3.8) is 0 Å². The van der Waals surface area contributed by atoms with E-state index in [2.05, 4.69) is 5.32 Å². The van der Waals surface area contributed by atoms with Crippen molar-refractivity contribution in [3.8, 4) is 0 Å². The summed E-state index contributed by atoms with van der Waals surface area (Å²) in [6.45, 7) is 0. The quantitative estimate of drug-likeness (QED) is 0.786. The Morgan fingerprint density at radius 1 is 1.28 bits per heavy atom. The van der Waals surface area contributed by atoms with E-state index in [1.165, 1.54) is 0 Å². The van der Waals surface area contributed by atoms with Crippen LogP contribution < -0.4 is 11.1 Å². The number of primary amides is 1. The van der Waals surface area contributed by atoms with Gasteiger partial charge in [0.05, 0.1) is 6.42 Å². The molecule has 1 atom stereocenters. The fourth-order valence-corrected chi connectivity index (χ4v) is 1.96. The molecule has 1 aromatic carbocycles. The molecule has 1 aliphatic carbocycles. The molecule has 0 aromatic heterocycles. The van der Waals surface area contributed by atoms with E-state index in [4.69, 9.17) is 5.73 Å². The topological polar surface area (TPSA) is 72.2 Å². The molecule has 4 nitrogen and oxygen atoms in total. The summed E-state index contributed by atoms with van der Waals surface area (Å²) in [5.41, 5.74) is 6.24. The first-order valence-electron chi connectivity index (χ1n) is 6.28. The third kappa shape index (κ3) is 3.87. The van der Waals surface area contributed by atoms with E-state index in [0.717, 1.165) is 18.4 Å². The van der Waals surface area contributed by atoms with Crippen LogP contribution in [-0.2, 0) is 16.0 Å². The summed E-state index contributed by atoms with van der Waals surface area (Å²) in [6.07, 6.45) is 3.24. The van der Waals surface area contributed by atoms with E-state index in [0.29, 0.717) is 12.3 Å². The van der Waals surface area contributed by atoms with Gasteiger partial charge in [-0.15, -0.1) is 0 Å². The maximum atomic E-state index is 11.8. The van der Waals surface area contributed by atoms with Crippen LogP contribution in [0.2, 0.25) is 0 Å². The van der Waals surface area contributed by atoms with Crippen LogP contribution in [0, 0.1) is 5.92 Å². The zero-order valence-electron chi connectivity index (χ0n) is 10.3. The van der Waals surface area contributed by atoms with Crippen LogP contribution in [0.1, 0.15) is 24.8 Å². The molecule has 0 aliphatic heterocycles. The van der Waals surface area contributed by atoms with Crippen LogP contribution >= 0.6 is 0 Å². The first kappa shape index (κ1) is 12.6. The van der Waals surface area contributed by atoms with E-state index < -0.39 is 11.9 Å². The van der Waals surface area contributed by atoms with Gasteiger partial charge in [0.15, 0.2) is 0 Å². The molecule has 4 heteroatoms. The average molecular weight is 246 g/mol. The van der Waals surface area contributed by atoms with Crippen molar-refractivity contribution in [1.29, 1.82) is 0 Å². The lowest BCUT2D eigenvalue weighted by molar-refractivity contribution is -0.127. The highest BCUT2D eigenvalue weighted by molar-refractivity contribution is 5.87. The molecule has 1 aromatic rings. The first-order valence-corrected chi connectivity index (χ1v) is 6.28. The maximum absolute atomic E-state index is 11.8. The molecule has 2 rings (SSSR count). The van der Waals surface area contributed by atoms with Crippen LogP contribution in [-0.4, -0.2) is 17.9 Å². The summed E-state index contributed by atoms with van der Waals surface area (Å²) < 4.78 is 0. The Hall–Kier alpha value is -1.84. The number of carbonyl (C=O) groups excluding carboxylic acids is 2. The molecule has 0 saturated heterocycles. The van der Waals surface area contributed by atoms with Gasteiger partial charge in [-0.3, -0.25) is 9.59 Å². The van der Waals surface area contributed by atoms with Gasteiger partial charge in [-0.2, -0.15) is 0 Å². The smallest absolute Gasteiger partial charge is 0.240 e. The number of nitrogens with two attached hydrogens (primary N) is 1. The third-order valence-electron chi connectivity index (χ3n) is 3.15. The van der Waals surface area contributed by atoms with Crippen molar-refractivity contribution in [2.75, 3.05) is 0 Å². The van der Waals surface area contributed by atoms with E-state index in [1.54, 1.807) is 0 Å². The highest BCUT2D eigenvalue weighted by Gasteiger charge is 2.29. The molecule has 3 N–H and O–H groups in total. The number of amides is 2. The molecule has 0 unspecified atom stereocenters. The van der Waals surface area contributed by atoms with Crippen LogP contribution in [0.25, 0.3) is 0 Å². The summed E-state index contributed by atoms with van der Waals surface area (Å²) in [4.78, 5) is 23.1. The van der Waals surface area contributed by atoms with Gasteiger partial charge < -0.3 is 11.1 Å². The van der Waals surface area contributed by atoms with Crippen LogP contribution in [0.4, 0.5) is 0 Å². The second-order valence-electron chi connectivity index (χ2n) is 4.86. The van der Waals surface area contributed by atoms with E-state index in [1.807, 2.05) is 30.3 Å². The summed E-state index contributed by atoms with van der Waals surface area (Å²) in [6, 6.07) is 8.94. The molecule has 2 amide bonds. The minimum absolute atomic E-state index is 0.148. The predicted octanol–water partition coefficient (Wildman–Crippen LogP) is 0.999. The Balaban J connectivity index is 1.86. The zero-order valence-corrected chi connectivity index (χ0v) is 10.3. The Morgan fingerprint density at radius 2 is 1.94 bits per heavy atom. The van der Waals surface area contributed by atoms with Gasteiger partial charge in [0.2, 0.25) is 11.8 Å². The minimum atomic E-state index is -0.520.